The van der Waals surface area contributed by atoms with Gasteiger partial charge in [0.2, 0.25) is 5.90 Å². The summed E-state index contributed by atoms with van der Waals surface area (Å²) in [5, 5.41) is 12.1. The number of aliphatic imine (C=N–C) groups is 1. The van der Waals surface area contributed by atoms with Gasteiger partial charge in [-0.05, 0) is 61.2 Å². The highest BCUT2D eigenvalue weighted by Gasteiger charge is 2.52. The van der Waals surface area contributed by atoms with Crippen molar-refractivity contribution in [3.63, 3.8) is 0 Å². The number of carbonyl (C=O) groups is 1. The van der Waals surface area contributed by atoms with Crippen LogP contribution in [0.15, 0.2) is 96.5 Å². The minimum Gasteiger partial charge on any atom is -0.494 e. The molecule has 0 spiro atoms. The van der Waals surface area contributed by atoms with Crippen LogP contribution < -0.4 is 10.1 Å². The van der Waals surface area contributed by atoms with E-state index in [0.29, 0.717) is 50.7 Å². The fourth-order valence-electron chi connectivity index (χ4n) is 4.76. The van der Waals surface area contributed by atoms with E-state index < -0.39 is 11.6 Å². The van der Waals surface area contributed by atoms with Crippen molar-refractivity contribution in [2.24, 2.45) is 4.99 Å². The van der Waals surface area contributed by atoms with E-state index >= 15 is 0 Å². The van der Waals surface area contributed by atoms with Crippen molar-refractivity contribution >= 4 is 11.8 Å². The highest BCUT2D eigenvalue weighted by molar-refractivity contribution is 6.01. The first-order valence-electron chi connectivity index (χ1n) is 14.2. The molecule has 216 valence electrons. The minimum atomic E-state index is -1.22. The first-order valence-corrected chi connectivity index (χ1v) is 14.2. The molecule has 1 aliphatic rings. The van der Waals surface area contributed by atoms with Gasteiger partial charge < -0.3 is 24.6 Å². The quantitative estimate of drug-likeness (QED) is 0.180. The van der Waals surface area contributed by atoms with Crippen LogP contribution >= 0.6 is 0 Å². The molecule has 0 saturated heterocycles. The van der Waals surface area contributed by atoms with Crippen LogP contribution in [0.25, 0.3) is 11.1 Å². The topological polar surface area (TPSA) is 89.4 Å². The fourth-order valence-corrected chi connectivity index (χ4v) is 4.76. The van der Waals surface area contributed by atoms with E-state index in [-0.39, 0.29) is 18.6 Å². The third-order valence-electron chi connectivity index (χ3n) is 6.86. The largest absolute Gasteiger partial charge is 0.494 e. The van der Waals surface area contributed by atoms with Gasteiger partial charge in [0.15, 0.2) is 11.6 Å². The second-order valence-corrected chi connectivity index (χ2v) is 10.3. The first kappa shape index (κ1) is 30.0. The molecule has 41 heavy (non-hydrogen) atoms. The highest BCUT2D eigenvalue weighted by atomic mass is 16.5. The molecular formula is C34H40N2O5. The minimum absolute atomic E-state index is 0.0780. The van der Waals surface area contributed by atoms with E-state index in [0.717, 1.165) is 22.3 Å². The molecule has 7 heteroatoms. The molecule has 1 aliphatic heterocycles. The molecule has 0 radical (unpaired) electrons. The molecule has 2 atom stereocenters. The number of hydrogen-bond acceptors (Lipinski definition) is 6. The van der Waals surface area contributed by atoms with Gasteiger partial charge in [0, 0.05) is 38.2 Å². The predicted octanol–water partition coefficient (Wildman–Crippen LogP) is 5.88. The molecule has 3 aromatic rings. The van der Waals surface area contributed by atoms with Crippen LogP contribution in [-0.2, 0) is 14.3 Å². The second-order valence-electron chi connectivity index (χ2n) is 10.3. The van der Waals surface area contributed by atoms with Crippen LogP contribution in [0, 0.1) is 0 Å². The van der Waals surface area contributed by atoms with Crippen LogP contribution in [0.3, 0.4) is 0 Å². The standard InChI is InChI=1S/C34H40N2O5/c1-4-20-34(33(38)35-21-8-23-39-25(2)3)31(28-14-12-27(13-15-28)26-10-6-5-7-11-26)41-32(36-34)29-16-18-30(19-17-29)40-24-9-22-37/h4-7,10-19,25,31,37H,1,8-9,20-24H2,2-3H3,(H,35,38)/t31-,34-/m1/s1. The third kappa shape index (κ3) is 7.63. The van der Waals surface area contributed by atoms with E-state index in [4.69, 9.17) is 24.3 Å². The number of ether oxygens (including phenoxy) is 3. The molecule has 1 heterocycles. The zero-order valence-corrected chi connectivity index (χ0v) is 23.9. The van der Waals surface area contributed by atoms with Crippen molar-refractivity contribution in [3.8, 4) is 16.9 Å². The maximum absolute atomic E-state index is 13.9. The Bertz CT molecular complexity index is 1290. The van der Waals surface area contributed by atoms with Crippen LogP contribution in [0.5, 0.6) is 5.75 Å². The molecule has 1 amide bonds. The van der Waals surface area contributed by atoms with Gasteiger partial charge in [0.05, 0.1) is 12.7 Å². The van der Waals surface area contributed by atoms with Gasteiger partial charge in [-0.2, -0.15) is 0 Å². The van der Waals surface area contributed by atoms with Crippen molar-refractivity contribution in [1.82, 2.24) is 5.32 Å². The summed E-state index contributed by atoms with van der Waals surface area (Å²) in [6.07, 6.45) is 2.78. The lowest BCUT2D eigenvalue weighted by Gasteiger charge is -2.30. The van der Waals surface area contributed by atoms with Crippen LogP contribution in [-0.4, -0.2) is 54.9 Å². The van der Waals surface area contributed by atoms with E-state index in [1.165, 1.54) is 0 Å². The number of aliphatic hydroxyl groups is 1. The van der Waals surface area contributed by atoms with Gasteiger partial charge in [0.25, 0.3) is 5.91 Å². The monoisotopic (exact) mass is 556 g/mol. The van der Waals surface area contributed by atoms with Crippen LogP contribution in [0.2, 0.25) is 0 Å². The van der Waals surface area contributed by atoms with Crippen LogP contribution in [0.1, 0.15) is 50.3 Å². The number of nitrogens with one attached hydrogen (secondary N) is 1. The lowest BCUT2D eigenvalue weighted by Crippen LogP contribution is -2.48. The molecule has 0 fully saturated rings. The number of rotatable bonds is 15. The predicted molar refractivity (Wildman–Crippen MR) is 162 cm³/mol. The van der Waals surface area contributed by atoms with Crippen molar-refractivity contribution in [2.45, 2.75) is 50.9 Å². The Hall–Kier alpha value is -3.94. The van der Waals surface area contributed by atoms with Crippen molar-refractivity contribution in [3.05, 3.63) is 103 Å². The smallest absolute Gasteiger partial charge is 0.252 e. The normalized spacial score (nSPS) is 18.0. The average Bonchev–Trinajstić information content (AvgIpc) is 3.38. The maximum atomic E-state index is 13.9. The lowest BCUT2D eigenvalue weighted by molar-refractivity contribution is -0.128. The van der Waals surface area contributed by atoms with Gasteiger partial charge in [0.1, 0.15) is 5.75 Å². The lowest BCUT2D eigenvalue weighted by atomic mass is 9.84. The fraction of sp³-hybridized carbons (Fsp3) is 0.353. The van der Waals surface area contributed by atoms with Crippen molar-refractivity contribution in [1.29, 1.82) is 0 Å². The zero-order chi connectivity index (χ0) is 29.1. The van der Waals surface area contributed by atoms with E-state index in [1.54, 1.807) is 6.08 Å². The van der Waals surface area contributed by atoms with Gasteiger partial charge in [-0.1, -0.05) is 60.7 Å². The molecule has 7 nitrogen and oxygen atoms in total. The van der Waals surface area contributed by atoms with E-state index in [1.807, 2.05) is 80.6 Å². The zero-order valence-electron chi connectivity index (χ0n) is 23.9. The number of aliphatic hydroxyl groups excluding tert-OH is 1. The van der Waals surface area contributed by atoms with Gasteiger partial charge in [-0.3, -0.25) is 4.79 Å². The summed E-state index contributed by atoms with van der Waals surface area (Å²) in [5.41, 5.74) is 2.57. The van der Waals surface area contributed by atoms with E-state index in [9.17, 15) is 4.79 Å². The molecule has 0 bridgehead atoms. The Morgan fingerprint density at radius 3 is 2.34 bits per heavy atom. The summed E-state index contributed by atoms with van der Waals surface area (Å²) in [4.78, 5) is 18.8. The first-order chi connectivity index (χ1) is 20.0. The molecule has 0 aliphatic carbocycles. The molecule has 0 saturated carbocycles. The van der Waals surface area contributed by atoms with Crippen LogP contribution in [0.4, 0.5) is 0 Å². The SMILES string of the molecule is C=CC[C@@]1(C(=O)NCCCOC(C)C)N=C(c2ccc(OCCCO)cc2)O[C@@H]1c1ccc(-c2ccccc2)cc1. The summed E-state index contributed by atoms with van der Waals surface area (Å²) in [5.74, 6) is 0.870. The summed E-state index contributed by atoms with van der Waals surface area (Å²) < 4.78 is 17.8. The number of amides is 1. The molecule has 2 N–H and O–H groups in total. The molecule has 3 aromatic carbocycles. The Labute approximate surface area is 242 Å². The van der Waals surface area contributed by atoms with Crippen molar-refractivity contribution < 1.29 is 24.1 Å². The Morgan fingerprint density at radius 1 is 1.00 bits per heavy atom. The van der Waals surface area contributed by atoms with E-state index in [2.05, 4.69) is 24.0 Å². The molecule has 4 rings (SSSR count). The maximum Gasteiger partial charge on any atom is 0.252 e. The third-order valence-corrected chi connectivity index (χ3v) is 6.86. The number of nitrogens with zero attached hydrogens (tertiary/aromatic N) is 1. The summed E-state index contributed by atoms with van der Waals surface area (Å²) in [7, 11) is 0. The van der Waals surface area contributed by atoms with Gasteiger partial charge >= 0.3 is 0 Å². The average molecular weight is 557 g/mol. The van der Waals surface area contributed by atoms with Gasteiger partial charge in [-0.15, -0.1) is 6.58 Å². The summed E-state index contributed by atoms with van der Waals surface area (Å²) in [6.45, 7) is 9.47. The van der Waals surface area contributed by atoms with Gasteiger partial charge in [-0.25, -0.2) is 4.99 Å². The Balaban J connectivity index is 1.62. The molecule has 0 unspecified atom stereocenters. The Morgan fingerprint density at radius 2 is 1.68 bits per heavy atom. The number of benzene rings is 3. The second kappa shape index (κ2) is 14.6. The number of carbonyl (C=O) groups excluding carboxylic acids is 1. The molecular weight excluding hydrogens is 516 g/mol. The highest BCUT2D eigenvalue weighted by Crippen LogP contribution is 2.43. The number of hydrogen-bond donors (Lipinski definition) is 2. The summed E-state index contributed by atoms with van der Waals surface area (Å²) >= 11 is 0. The summed E-state index contributed by atoms with van der Waals surface area (Å²) in [6, 6.07) is 25.7. The van der Waals surface area contributed by atoms with Crippen molar-refractivity contribution in [2.75, 3.05) is 26.4 Å². The Kier molecular flexibility index (Phi) is 10.7. The molecule has 0 aromatic heterocycles.